The van der Waals surface area contributed by atoms with Crippen molar-refractivity contribution in [2.24, 2.45) is 0 Å². The van der Waals surface area contributed by atoms with Gasteiger partial charge in [-0.1, -0.05) is 23.8 Å². The summed E-state index contributed by atoms with van der Waals surface area (Å²) in [5, 5.41) is 0.507. The van der Waals surface area contributed by atoms with Crippen molar-refractivity contribution in [2.45, 2.75) is 4.90 Å². The quantitative estimate of drug-likeness (QED) is 0.826. The van der Waals surface area contributed by atoms with E-state index in [2.05, 4.69) is 0 Å². The van der Waals surface area contributed by atoms with Crippen LogP contribution in [0, 0.1) is 0 Å². The predicted molar refractivity (Wildman–Crippen MR) is 67.9 cm³/mol. The SMILES string of the molecule is O=S(=O)(c1ccc(Cl)cc1)N1C=CC=CC=C1. The zero-order valence-corrected chi connectivity index (χ0v) is 10.4. The van der Waals surface area contributed by atoms with E-state index >= 15 is 0 Å². The molecule has 1 aromatic rings. The summed E-state index contributed by atoms with van der Waals surface area (Å²) in [7, 11) is -3.54. The highest BCUT2D eigenvalue weighted by Crippen LogP contribution is 2.19. The maximum Gasteiger partial charge on any atom is 0.267 e. The molecule has 0 unspecified atom stereocenters. The molecule has 1 heterocycles. The molecule has 3 nitrogen and oxygen atoms in total. The minimum atomic E-state index is -3.54. The van der Waals surface area contributed by atoms with Gasteiger partial charge < -0.3 is 0 Å². The topological polar surface area (TPSA) is 37.4 Å². The van der Waals surface area contributed by atoms with Crippen LogP contribution in [-0.2, 0) is 10.0 Å². The summed E-state index contributed by atoms with van der Waals surface area (Å²) in [6, 6.07) is 6.07. The number of hydrogen-bond donors (Lipinski definition) is 0. The molecular formula is C12H10ClNO2S. The molecule has 17 heavy (non-hydrogen) atoms. The predicted octanol–water partition coefficient (Wildman–Crippen LogP) is 2.93. The van der Waals surface area contributed by atoms with Crippen LogP contribution in [0.25, 0.3) is 0 Å². The second kappa shape index (κ2) is 4.77. The van der Waals surface area contributed by atoms with Crippen LogP contribution in [0.1, 0.15) is 0 Å². The van der Waals surface area contributed by atoms with Gasteiger partial charge in [0.25, 0.3) is 10.0 Å². The van der Waals surface area contributed by atoms with Gasteiger partial charge in [0.05, 0.1) is 4.90 Å². The Morgan fingerprint density at radius 2 is 1.41 bits per heavy atom. The van der Waals surface area contributed by atoms with Gasteiger partial charge in [0.2, 0.25) is 0 Å². The lowest BCUT2D eigenvalue weighted by molar-refractivity contribution is 0.553. The Morgan fingerprint density at radius 3 is 1.94 bits per heavy atom. The van der Waals surface area contributed by atoms with Crippen molar-refractivity contribution in [3.63, 3.8) is 0 Å². The average Bonchev–Trinajstić information content (AvgIpc) is 2.58. The lowest BCUT2D eigenvalue weighted by atomic mass is 10.4. The summed E-state index contributed by atoms with van der Waals surface area (Å²) in [6.45, 7) is 0. The molecule has 1 aromatic carbocycles. The zero-order chi connectivity index (χ0) is 12.3. The summed E-state index contributed by atoms with van der Waals surface area (Å²) in [6.07, 6.45) is 9.82. The standard InChI is InChI=1S/C12H10ClNO2S/c13-11-5-7-12(8-6-11)17(15,16)14-9-3-1-2-4-10-14/h1-10H. The van der Waals surface area contributed by atoms with Crippen molar-refractivity contribution < 1.29 is 8.42 Å². The highest BCUT2D eigenvalue weighted by Gasteiger charge is 2.19. The lowest BCUT2D eigenvalue weighted by Crippen LogP contribution is -2.20. The molecule has 0 saturated carbocycles. The van der Waals surface area contributed by atoms with E-state index in [9.17, 15) is 8.42 Å². The van der Waals surface area contributed by atoms with E-state index in [4.69, 9.17) is 11.6 Å². The number of hydrogen-bond acceptors (Lipinski definition) is 2. The molecule has 0 atom stereocenters. The van der Waals surface area contributed by atoms with Crippen LogP contribution in [0.2, 0.25) is 5.02 Å². The Hall–Kier alpha value is -1.52. The molecule has 88 valence electrons. The molecule has 0 N–H and O–H groups in total. The van der Waals surface area contributed by atoms with E-state index in [1.54, 1.807) is 36.4 Å². The van der Waals surface area contributed by atoms with Gasteiger partial charge in [-0.15, -0.1) is 0 Å². The highest BCUT2D eigenvalue weighted by molar-refractivity contribution is 7.89. The van der Waals surface area contributed by atoms with E-state index < -0.39 is 10.0 Å². The fraction of sp³-hybridized carbons (Fsp3) is 0. The molecule has 0 saturated heterocycles. The smallest absolute Gasteiger partial charge is 0.249 e. The van der Waals surface area contributed by atoms with Crippen molar-refractivity contribution >= 4 is 21.6 Å². The van der Waals surface area contributed by atoms with Gasteiger partial charge in [-0.05, 0) is 36.4 Å². The van der Waals surface area contributed by atoms with E-state index in [0.29, 0.717) is 5.02 Å². The van der Waals surface area contributed by atoms with E-state index in [1.807, 2.05) is 0 Å². The summed E-state index contributed by atoms with van der Waals surface area (Å²) in [4.78, 5) is 0.207. The van der Waals surface area contributed by atoms with Gasteiger partial charge in [-0.2, -0.15) is 0 Å². The maximum absolute atomic E-state index is 12.2. The normalized spacial score (nSPS) is 15.0. The first-order valence-electron chi connectivity index (χ1n) is 4.91. The Bertz CT molecular complexity index is 569. The Balaban J connectivity index is 2.39. The summed E-state index contributed by atoms with van der Waals surface area (Å²) < 4.78 is 25.6. The van der Waals surface area contributed by atoms with Crippen LogP contribution < -0.4 is 0 Å². The Labute approximate surface area is 105 Å². The highest BCUT2D eigenvalue weighted by atomic mass is 35.5. The number of benzene rings is 1. The van der Waals surface area contributed by atoms with Crippen molar-refractivity contribution in [1.29, 1.82) is 0 Å². The van der Waals surface area contributed by atoms with Gasteiger partial charge in [-0.3, -0.25) is 0 Å². The Kier molecular flexibility index (Phi) is 3.36. The lowest BCUT2D eigenvalue weighted by Gasteiger charge is -2.15. The van der Waals surface area contributed by atoms with Gasteiger partial charge in [0.15, 0.2) is 0 Å². The van der Waals surface area contributed by atoms with Crippen LogP contribution in [0.5, 0.6) is 0 Å². The minimum Gasteiger partial charge on any atom is -0.249 e. The second-order valence-corrected chi connectivity index (χ2v) is 5.64. The van der Waals surface area contributed by atoms with Crippen LogP contribution >= 0.6 is 11.6 Å². The van der Waals surface area contributed by atoms with Gasteiger partial charge >= 0.3 is 0 Å². The van der Waals surface area contributed by atoms with Crippen LogP contribution in [0.15, 0.2) is 65.9 Å². The molecule has 1 aliphatic rings. The van der Waals surface area contributed by atoms with Gasteiger partial charge in [0.1, 0.15) is 0 Å². The average molecular weight is 268 g/mol. The largest absolute Gasteiger partial charge is 0.267 e. The molecule has 0 aliphatic carbocycles. The van der Waals surface area contributed by atoms with Crippen molar-refractivity contribution in [3.8, 4) is 0 Å². The molecule has 1 aliphatic heterocycles. The van der Waals surface area contributed by atoms with E-state index in [0.717, 1.165) is 4.31 Å². The van der Waals surface area contributed by atoms with Gasteiger partial charge in [0, 0.05) is 17.4 Å². The number of nitrogens with zero attached hydrogens (tertiary/aromatic N) is 1. The summed E-state index contributed by atoms with van der Waals surface area (Å²) >= 11 is 5.73. The first kappa shape index (κ1) is 12.0. The van der Waals surface area contributed by atoms with Crippen molar-refractivity contribution in [2.75, 3.05) is 0 Å². The summed E-state index contributed by atoms with van der Waals surface area (Å²) in [5.74, 6) is 0. The molecule has 0 radical (unpaired) electrons. The van der Waals surface area contributed by atoms with Crippen molar-refractivity contribution in [3.05, 3.63) is 66.0 Å². The zero-order valence-electron chi connectivity index (χ0n) is 8.82. The first-order valence-corrected chi connectivity index (χ1v) is 6.73. The molecule has 0 amide bonds. The molecule has 0 bridgehead atoms. The fourth-order valence-corrected chi connectivity index (χ4v) is 2.65. The van der Waals surface area contributed by atoms with Crippen LogP contribution in [0.3, 0.4) is 0 Å². The monoisotopic (exact) mass is 267 g/mol. The fourth-order valence-electron chi connectivity index (χ4n) is 1.34. The Morgan fingerprint density at radius 1 is 0.882 bits per heavy atom. The molecule has 0 spiro atoms. The van der Waals surface area contributed by atoms with Gasteiger partial charge in [-0.25, -0.2) is 12.7 Å². The van der Waals surface area contributed by atoms with Crippen LogP contribution in [0.4, 0.5) is 0 Å². The summed E-state index contributed by atoms with van der Waals surface area (Å²) in [5.41, 5.74) is 0. The maximum atomic E-state index is 12.2. The molecule has 0 fully saturated rings. The number of rotatable bonds is 2. The first-order chi connectivity index (χ1) is 8.10. The minimum absolute atomic E-state index is 0.207. The van der Waals surface area contributed by atoms with Crippen molar-refractivity contribution in [1.82, 2.24) is 4.31 Å². The molecule has 2 rings (SSSR count). The van der Waals surface area contributed by atoms with E-state index in [-0.39, 0.29) is 4.90 Å². The van der Waals surface area contributed by atoms with Crippen LogP contribution in [-0.4, -0.2) is 12.7 Å². The third-order valence-electron chi connectivity index (χ3n) is 2.19. The second-order valence-electron chi connectivity index (χ2n) is 3.36. The number of halogens is 1. The number of sulfonamides is 1. The third kappa shape index (κ3) is 2.60. The van der Waals surface area contributed by atoms with E-state index in [1.165, 1.54) is 24.5 Å². The third-order valence-corrected chi connectivity index (χ3v) is 4.11. The molecule has 0 aromatic heterocycles. The molecular weight excluding hydrogens is 258 g/mol. The number of allylic oxidation sites excluding steroid dienone is 4. The molecule has 5 heteroatoms.